The fraction of sp³-hybridized carbons (Fsp3) is 0.200. The van der Waals surface area contributed by atoms with E-state index in [-0.39, 0.29) is 0 Å². The van der Waals surface area contributed by atoms with Crippen LogP contribution in [0.2, 0.25) is 0 Å². The highest BCUT2D eigenvalue weighted by molar-refractivity contribution is 8.23. The van der Waals surface area contributed by atoms with E-state index in [1.807, 2.05) is 35.7 Å². The Bertz CT molecular complexity index is 590. The molecule has 2 heterocycles. The molecule has 3 rings (SSSR count). The maximum Gasteiger partial charge on any atom is 0.227 e. The van der Waals surface area contributed by atoms with Gasteiger partial charge in [-0.3, -0.25) is 0 Å². The first-order valence-corrected chi connectivity index (χ1v) is 8.34. The number of ether oxygens (including phenoxy) is 2. The minimum Gasteiger partial charge on any atom is -0.489 e. The molecule has 0 spiro atoms. The predicted molar refractivity (Wildman–Crippen MR) is 80.7 cm³/mol. The van der Waals surface area contributed by atoms with Gasteiger partial charge in [0.2, 0.25) is 10.7 Å². The number of rotatable bonds is 3. The molecular weight excluding hydrogens is 280 g/mol. The highest BCUT2D eigenvalue weighted by Crippen LogP contribution is 2.40. The maximum absolute atomic E-state index is 6.36. The first-order chi connectivity index (χ1) is 9.29. The van der Waals surface area contributed by atoms with Crippen LogP contribution in [0.4, 0.5) is 0 Å². The second-order valence-corrected chi connectivity index (χ2v) is 6.55. The van der Waals surface area contributed by atoms with Gasteiger partial charge in [-0.15, -0.1) is 0 Å². The Labute approximate surface area is 120 Å². The zero-order valence-electron chi connectivity index (χ0n) is 10.6. The number of allylic oxidation sites excluding steroid dienone is 1. The fourth-order valence-corrected chi connectivity index (χ4v) is 3.42. The molecule has 2 aliphatic rings. The fourth-order valence-electron chi connectivity index (χ4n) is 1.97. The molecule has 4 heteroatoms. The number of hydrogen-bond acceptors (Lipinski definition) is 2. The zero-order valence-corrected chi connectivity index (χ0v) is 12.1. The van der Waals surface area contributed by atoms with E-state index in [1.54, 1.807) is 0 Å². The monoisotopic (exact) mass is 293 g/mol. The van der Waals surface area contributed by atoms with Gasteiger partial charge in [0.1, 0.15) is 11.2 Å². The summed E-state index contributed by atoms with van der Waals surface area (Å²) in [4.78, 5) is 0.994. The zero-order chi connectivity index (χ0) is 13.2. The summed E-state index contributed by atoms with van der Waals surface area (Å²) < 4.78 is 11.7. The highest BCUT2D eigenvalue weighted by Gasteiger charge is 2.36. The van der Waals surface area contributed by atoms with Crippen LogP contribution in [-0.4, -0.2) is 6.61 Å². The van der Waals surface area contributed by atoms with Crippen molar-refractivity contribution < 1.29 is 9.47 Å². The molecule has 0 saturated heterocycles. The van der Waals surface area contributed by atoms with Crippen molar-refractivity contribution >= 4 is 26.9 Å². The molecule has 2 nitrogen and oxygen atoms in total. The van der Waals surface area contributed by atoms with E-state index in [4.69, 9.17) is 20.2 Å². The average Bonchev–Trinajstić information content (AvgIpc) is 2.45. The maximum atomic E-state index is 6.36. The van der Waals surface area contributed by atoms with Crippen molar-refractivity contribution in [1.82, 2.24) is 0 Å². The number of benzene rings is 1. The standard InChI is InChI=1S/C15H14ClO2S/c1-2-8-17-13-7-9-19(16)14-10-11-5-3-4-6-12(11)18-15(13)14/h3-7,9-10H,2,8H2,1H3/q+1. The van der Waals surface area contributed by atoms with Crippen molar-refractivity contribution in [3.05, 3.63) is 57.7 Å². The minimum atomic E-state index is -0.450. The van der Waals surface area contributed by atoms with Gasteiger partial charge >= 0.3 is 0 Å². The van der Waals surface area contributed by atoms with Gasteiger partial charge in [-0.25, -0.2) is 0 Å². The lowest BCUT2D eigenvalue weighted by Gasteiger charge is -2.21. The minimum absolute atomic E-state index is 0.450. The SMILES string of the molecule is CCCOC1=C2Oc3ccccc3C=C2[S+](Cl)C=C1. The Morgan fingerprint density at radius 2 is 2.16 bits per heavy atom. The summed E-state index contributed by atoms with van der Waals surface area (Å²) in [5.74, 6) is 2.38. The van der Waals surface area contributed by atoms with E-state index in [2.05, 4.69) is 13.0 Å². The number of halogens is 1. The van der Waals surface area contributed by atoms with Gasteiger partial charge in [0.25, 0.3) is 0 Å². The lowest BCUT2D eigenvalue weighted by atomic mass is 10.1. The molecule has 2 aliphatic heterocycles. The van der Waals surface area contributed by atoms with Crippen LogP contribution >= 0.6 is 10.7 Å². The number of hydrogen-bond donors (Lipinski definition) is 0. The van der Waals surface area contributed by atoms with Crippen molar-refractivity contribution in [3.8, 4) is 5.75 Å². The predicted octanol–water partition coefficient (Wildman–Crippen LogP) is 4.36. The second kappa shape index (κ2) is 5.35. The van der Waals surface area contributed by atoms with E-state index in [0.717, 1.165) is 34.2 Å². The lowest BCUT2D eigenvalue weighted by Crippen LogP contribution is -2.15. The molecule has 0 saturated carbocycles. The Morgan fingerprint density at radius 3 is 3.00 bits per heavy atom. The molecular formula is C15H14ClO2S+. The second-order valence-electron chi connectivity index (χ2n) is 4.28. The van der Waals surface area contributed by atoms with E-state index in [1.165, 1.54) is 0 Å². The first-order valence-electron chi connectivity index (χ1n) is 6.23. The molecule has 0 amide bonds. The van der Waals surface area contributed by atoms with E-state index in [0.29, 0.717) is 6.61 Å². The largest absolute Gasteiger partial charge is 0.489 e. The molecule has 1 atom stereocenters. The van der Waals surface area contributed by atoms with Gasteiger partial charge in [-0.2, -0.15) is 0 Å². The van der Waals surface area contributed by atoms with E-state index in [9.17, 15) is 0 Å². The normalized spacial score (nSPS) is 20.3. The molecule has 1 aromatic carbocycles. The molecule has 1 unspecified atom stereocenters. The third-order valence-corrected chi connectivity index (χ3v) is 4.78. The van der Waals surface area contributed by atoms with Crippen molar-refractivity contribution in [2.75, 3.05) is 6.61 Å². The summed E-state index contributed by atoms with van der Waals surface area (Å²) in [6, 6.07) is 7.94. The molecule has 0 aliphatic carbocycles. The molecule has 0 aromatic heterocycles. The van der Waals surface area contributed by atoms with Gasteiger partial charge in [0.15, 0.2) is 26.6 Å². The van der Waals surface area contributed by atoms with Crippen molar-refractivity contribution in [1.29, 1.82) is 0 Å². The summed E-state index contributed by atoms with van der Waals surface area (Å²) in [6.07, 6.45) is 4.96. The third kappa shape index (κ3) is 2.40. The van der Waals surface area contributed by atoms with Gasteiger partial charge in [0.05, 0.1) is 6.61 Å². The Hall–Kier alpha value is -1.32. The molecule has 98 valence electrons. The number of para-hydroxylation sites is 1. The Balaban J connectivity index is 2.04. The molecule has 0 radical (unpaired) electrons. The third-order valence-electron chi connectivity index (χ3n) is 2.88. The van der Waals surface area contributed by atoms with Gasteiger partial charge in [0, 0.05) is 17.7 Å². The molecule has 0 bridgehead atoms. The van der Waals surface area contributed by atoms with Crippen LogP contribution < -0.4 is 4.74 Å². The quantitative estimate of drug-likeness (QED) is 0.771. The summed E-state index contributed by atoms with van der Waals surface area (Å²) in [7, 11) is 5.91. The summed E-state index contributed by atoms with van der Waals surface area (Å²) >= 11 is 0. The average molecular weight is 294 g/mol. The smallest absolute Gasteiger partial charge is 0.227 e. The lowest BCUT2D eigenvalue weighted by molar-refractivity contribution is 0.208. The summed E-state index contributed by atoms with van der Waals surface area (Å²) in [5.41, 5.74) is 1.06. The molecule has 19 heavy (non-hydrogen) atoms. The number of fused-ring (bicyclic) bond motifs is 2. The van der Waals surface area contributed by atoms with Crippen LogP contribution in [0, 0.1) is 0 Å². The molecule has 0 N–H and O–H groups in total. The van der Waals surface area contributed by atoms with Crippen LogP contribution in [0.1, 0.15) is 18.9 Å². The summed E-state index contributed by atoms with van der Waals surface area (Å²) in [5, 5.41) is 1.96. The van der Waals surface area contributed by atoms with Gasteiger partial charge in [-0.05, 0) is 12.5 Å². The first kappa shape index (κ1) is 12.7. The molecule has 0 fully saturated rings. The highest BCUT2D eigenvalue weighted by atomic mass is 35.7. The molecule has 1 aromatic rings. The van der Waals surface area contributed by atoms with Crippen LogP contribution in [0.15, 0.2) is 52.2 Å². The Kier molecular flexibility index (Phi) is 3.58. The van der Waals surface area contributed by atoms with E-state index < -0.39 is 10.1 Å². The Morgan fingerprint density at radius 1 is 1.32 bits per heavy atom. The van der Waals surface area contributed by atoms with Crippen molar-refractivity contribution in [2.24, 2.45) is 0 Å². The van der Waals surface area contributed by atoms with Crippen molar-refractivity contribution in [3.63, 3.8) is 0 Å². The van der Waals surface area contributed by atoms with Gasteiger partial charge in [-0.1, -0.05) is 25.1 Å². The van der Waals surface area contributed by atoms with E-state index >= 15 is 0 Å². The van der Waals surface area contributed by atoms with Crippen LogP contribution in [-0.2, 0) is 14.8 Å². The topological polar surface area (TPSA) is 18.5 Å². The summed E-state index contributed by atoms with van der Waals surface area (Å²) in [6.45, 7) is 2.76. The van der Waals surface area contributed by atoms with Gasteiger partial charge < -0.3 is 9.47 Å². The van der Waals surface area contributed by atoms with Crippen LogP contribution in [0.3, 0.4) is 0 Å². The van der Waals surface area contributed by atoms with Crippen LogP contribution in [0.25, 0.3) is 6.08 Å². The van der Waals surface area contributed by atoms with Crippen LogP contribution in [0.5, 0.6) is 5.75 Å². The van der Waals surface area contributed by atoms with Crippen molar-refractivity contribution in [2.45, 2.75) is 13.3 Å².